The van der Waals surface area contributed by atoms with Gasteiger partial charge in [0.15, 0.2) is 0 Å². The quantitative estimate of drug-likeness (QED) is 0.886. The van der Waals surface area contributed by atoms with Gasteiger partial charge in [-0.3, -0.25) is 4.98 Å². The van der Waals surface area contributed by atoms with E-state index in [-0.39, 0.29) is 0 Å². The first-order valence-corrected chi connectivity index (χ1v) is 5.61. The third-order valence-corrected chi connectivity index (χ3v) is 2.63. The highest BCUT2D eigenvalue weighted by Gasteiger charge is 2.07. The summed E-state index contributed by atoms with van der Waals surface area (Å²) in [5.74, 6) is 1.27. The molecule has 0 bridgehead atoms. The van der Waals surface area contributed by atoms with E-state index in [4.69, 9.17) is 10.5 Å². The highest BCUT2D eigenvalue weighted by Crippen LogP contribution is 2.22. The number of nitrogens with two attached hydrogens (primary N) is 1. The molecule has 0 spiro atoms. The number of rotatable bonds is 4. The van der Waals surface area contributed by atoms with Crippen LogP contribution in [0, 0.1) is 0 Å². The molecule has 0 aliphatic heterocycles. The van der Waals surface area contributed by atoms with Crippen molar-refractivity contribution in [3.63, 3.8) is 0 Å². The third-order valence-electron chi connectivity index (χ3n) is 2.63. The molecule has 0 aliphatic rings. The maximum atomic E-state index is 5.74. The lowest BCUT2D eigenvalue weighted by molar-refractivity contribution is 0.400. The SMILES string of the molecule is COc1nc(N(C)Cc2ccncc2)ccc1N. The van der Waals surface area contributed by atoms with Crippen LogP contribution in [0.25, 0.3) is 0 Å². The second-order valence-corrected chi connectivity index (χ2v) is 3.98. The van der Waals surface area contributed by atoms with Crippen LogP contribution in [0.5, 0.6) is 5.88 Å². The molecular formula is C13H16N4O. The Hall–Kier alpha value is -2.30. The van der Waals surface area contributed by atoms with Gasteiger partial charge in [-0.25, -0.2) is 0 Å². The fraction of sp³-hybridized carbons (Fsp3) is 0.231. The van der Waals surface area contributed by atoms with E-state index in [9.17, 15) is 0 Å². The summed E-state index contributed by atoms with van der Waals surface area (Å²) in [7, 11) is 3.53. The largest absolute Gasteiger partial charge is 0.479 e. The number of ether oxygens (including phenoxy) is 1. The lowest BCUT2D eigenvalue weighted by Gasteiger charge is -2.19. The smallest absolute Gasteiger partial charge is 0.238 e. The van der Waals surface area contributed by atoms with Gasteiger partial charge in [-0.15, -0.1) is 0 Å². The minimum absolute atomic E-state index is 0.453. The van der Waals surface area contributed by atoms with Crippen LogP contribution in [0.1, 0.15) is 5.56 Å². The minimum atomic E-state index is 0.453. The normalized spacial score (nSPS) is 10.1. The molecule has 0 saturated heterocycles. The highest BCUT2D eigenvalue weighted by molar-refractivity contribution is 5.54. The number of pyridine rings is 2. The van der Waals surface area contributed by atoms with Crippen molar-refractivity contribution in [2.45, 2.75) is 6.54 Å². The molecule has 2 aromatic heterocycles. The first-order chi connectivity index (χ1) is 8.70. The summed E-state index contributed by atoms with van der Waals surface area (Å²) in [6.45, 7) is 0.753. The Morgan fingerprint density at radius 1 is 1.22 bits per heavy atom. The molecular weight excluding hydrogens is 228 g/mol. The summed E-state index contributed by atoms with van der Waals surface area (Å²) in [5, 5.41) is 0. The van der Waals surface area contributed by atoms with E-state index in [1.54, 1.807) is 25.6 Å². The van der Waals surface area contributed by atoms with Gasteiger partial charge in [-0.05, 0) is 29.8 Å². The van der Waals surface area contributed by atoms with E-state index in [2.05, 4.69) is 9.97 Å². The summed E-state index contributed by atoms with van der Waals surface area (Å²) in [6.07, 6.45) is 3.56. The Kier molecular flexibility index (Phi) is 3.62. The molecule has 5 nitrogen and oxygen atoms in total. The molecule has 5 heteroatoms. The van der Waals surface area contributed by atoms with Gasteiger partial charge >= 0.3 is 0 Å². The maximum absolute atomic E-state index is 5.74. The molecule has 2 rings (SSSR count). The lowest BCUT2D eigenvalue weighted by Crippen LogP contribution is -2.18. The van der Waals surface area contributed by atoms with Gasteiger partial charge in [0.25, 0.3) is 0 Å². The van der Waals surface area contributed by atoms with E-state index in [1.807, 2.05) is 30.1 Å². The van der Waals surface area contributed by atoms with Crippen molar-refractivity contribution in [3.05, 3.63) is 42.2 Å². The predicted molar refractivity (Wildman–Crippen MR) is 71.5 cm³/mol. The first-order valence-electron chi connectivity index (χ1n) is 5.61. The molecule has 0 saturated carbocycles. The lowest BCUT2D eigenvalue weighted by atomic mass is 10.2. The zero-order chi connectivity index (χ0) is 13.0. The number of hydrogen-bond acceptors (Lipinski definition) is 5. The fourth-order valence-corrected chi connectivity index (χ4v) is 1.66. The molecule has 0 amide bonds. The van der Waals surface area contributed by atoms with Crippen molar-refractivity contribution in [1.82, 2.24) is 9.97 Å². The van der Waals surface area contributed by atoms with Crippen LogP contribution in [0.2, 0.25) is 0 Å². The van der Waals surface area contributed by atoms with Crippen molar-refractivity contribution in [3.8, 4) is 5.88 Å². The van der Waals surface area contributed by atoms with Gasteiger partial charge in [0.05, 0.1) is 12.8 Å². The van der Waals surface area contributed by atoms with E-state index in [1.165, 1.54) is 5.56 Å². The van der Waals surface area contributed by atoms with Crippen LogP contribution in [-0.2, 0) is 6.54 Å². The Labute approximate surface area is 106 Å². The third kappa shape index (κ3) is 2.68. The van der Waals surface area contributed by atoms with Gasteiger partial charge in [0.1, 0.15) is 5.82 Å². The summed E-state index contributed by atoms with van der Waals surface area (Å²) >= 11 is 0. The molecule has 0 aliphatic carbocycles. The zero-order valence-corrected chi connectivity index (χ0v) is 10.5. The fourth-order valence-electron chi connectivity index (χ4n) is 1.66. The van der Waals surface area contributed by atoms with Crippen molar-refractivity contribution >= 4 is 11.5 Å². The number of anilines is 2. The molecule has 2 heterocycles. The number of hydrogen-bond donors (Lipinski definition) is 1. The summed E-state index contributed by atoms with van der Waals surface area (Å²) in [6, 6.07) is 7.62. The standard InChI is InChI=1S/C13H16N4O/c1-17(9-10-5-7-15-8-6-10)12-4-3-11(14)13(16-12)18-2/h3-8H,9,14H2,1-2H3. The molecule has 0 atom stereocenters. The molecule has 2 aromatic rings. The van der Waals surface area contributed by atoms with Gasteiger partial charge < -0.3 is 15.4 Å². The van der Waals surface area contributed by atoms with E-state index in [0.717, 1.165) is 12.4 Å². The second-order valence-electron chi connectivity index (χ2n) is 3.98. The van der Waals surface area contributed by atoms with Crippen LogP contribution >= 0.6 is 0 Å². The number of nitrogens with zero attached hydrogens (tertiary/aromatic N) is 3. The van der Waals surface area contributed by atoms with Crippen LogP contribution in [0.3, 0.4) is 0 Å². The Bertz CT molecular complexity index is 516. The van der Waals surface area contributed by atoms with Crippen molar-refractivity contribution in [1.29, 1.82) is 0 Å². The van der Waals surface area contributed by atoms with Crippen molar-refractivity contribution < 1.29 is 4.74 Å². The highest BCUT2D eigenvalue weighted by atomic mass is 16.5. The summed E-state index contributed by atoms with van der Waals surface area (Å²) < 4.78 is 5.11. The van der Waals surface area contributed by atoms with Crippen molar-refractivity contribution in [2.24, 2.45) is 0 Å². The molecule has 0 unspecified atom stereocenters. The number of methoxy groups -OCH3 is 1. The molecule has 0 aromatic carbocycles. The monoisotopic (exact) mass is 244 g/mol. The number of nitrogen functional groups attached to an aromatic ring is 1. The molecule has 2 N–H and O–H groups in total. The number of aromatic nitrogens is 2. The topological polar surface area (TPSA) is 64.3 Å². The second kappa shape index (κ2) is 5.35. The van der Waals surface area contributed by atoms with E-state index >= 15 is 0 Å². The first kappa shape index (κ1) is 12.2. The van der Waals surface area contributed by atoms with Crippen LogP contribution in [0.15, 0.2) is 36.7 Å². The molecule has 0 radical (unpaired) electrons. The molecule has 94 valence electrons. The van der Waals surface area contributed by atoms with Gasteiger partial charge in [-0.1, -0.05) is 0 Å². The average molecular weight is 244 g/mol. The van der Waals surface area contributed by atoms with Crippen molar-refractivity contribution in [2.75, 3.05) is 24.8 Å². The summed E-state index contributed by atoms with van der Waals surface area (Å²) in [5.41, 5.74) is 7.45. The Morgan fingerprint density at radius 3 is 2.61 bits per heavy atom. The maximum Gasteiger partial charge on any atom is 0.238 e. The Balaban J connectivity index is 2.16. The van der Waals surface area contributed by atoms with Crippen LogP contribution < -0.4 is 15.4 Å². The van der Waals surface area contributed by atoms with Gasteiger partial charge in [0.2, 0.25) is 5.88 Å². The van der Waals surface area contributed by atoms with Gasteiger partial charge in [0, 0.05) is 26.0 Å². The Morgan fingerprint density at radius 2 is 1.94 bits per heavy atom. The van der Waals surface area contributed by atoms with E-state index in [0.29, 0.717) is 11.6 Å². The van der Waals surface area contributed by atoms with Gasteiger partial charge in [-0.2, -0.15) is 4.98 Å². The zero-order valence-electron chi connectivity index (χ0n) is 10.5. The van der Waals surface area contributed by atoms with Crippen LogP contribution in [-0.4, -0.2) is 24.1 Å². The molecule has 18 heavy (non-hydrogen) atoms. The average Bonchev–Trinajstić information content (AvgIpc) is 2.40. The molecule has 0 fully saturated rings. The van der Waals surface area contributed by atoms with E-state index < -0.39 is 0 Å². The minimum Gasteiger partial charge on any atom is -0.479 e. The summed E-state index contributed by atoms with van der Waals surface area (Å²) in [4.78, 5) is 10.4. The predicted octanol–water partition coefficient (Wildman–Crippen LogP) is 1.70. The van der Waals surface area contributed by atoms with Crippen LogP contribution in [0.4, 0.5) is 11.5 Å².